The number of nitrogens with one attached hydrogen (secondary N) is 1. The Balaban J connectivity index is 1.86. The van der Waals surface area contributed by atoms with Gasteiger partial charge < -0.3 is 5.32 Å². The van der Waals surface area contributed by atoms with Crippen LogP contribution in [0.4, 0.5) is 0 Å². The molecule has 0 spiro atoms. The van der Waals surface area contributed by atoms with E-state index in [2.05, 4.69) is 64.6 Å². The van der Waals surface area contributed by atoms with Crippen molar-refractivity contribution in [3.8, 4) is 0 Å². The molecule has 0 aliphatic carbocycles. The van der Waals surface area contributed by atoms with Crippen molar-refractivity contribution in [2.24, 2.45) is 0 Å². The molecule has 3 heteroatoms. The number of nitrogens with zero attached hydrogens (tertiary/aromatic N) is 2. The van der Waals surface area contributed by atoms with E-state index >= 15 is 0 Å². The van der Waals surface area contributed by atoms with E-state index in [-0.39, 0.29) is 0 Å². The monoisotopic (exact) mass is 267 g/mol. The van der Waals surface area contributed by atoms with Gasteiger partial charge in [-0.15, -0.1) is 0 Å². The lowest BCUT2D eigenvalue weighted by atomic mass is 10.0. The Labute approximate surface area is 120 Å². The molecule has 2 atom stereocenters. The van der Waals surface area contributed by atoms with Crippen molar-refractivity contribution in [3.05, 3.63) is 66.0 Å². The molecule has 2 heterocycles. The molecule has 104 valence electrons. The largest absolute Gasteiger partial charge is 0.314 e. The molecular formula is C17H21N3. The molecule has 20 heavy (non-hydrogen) atoms. The van der Waals surface area contributed by atoms with Crippen LogP contribution in [0, 0.1) is 0 Å². The molecule has 1 aliphatic heterocycles. The lowest BCUT2D eigenvalue weighted by molar-refractivity contribution is 0.113. The van der Waals surface area contributed by atoms with Crippen molar-refractivity contribution in [3.63, 3.8) is 0 Å². The average molecular weight is 267 g/mol. The van der Waals surface area contributed by atoms with E-state index in [1.165, 1.54) is 5.56 Å². The molecule has 2 aromatic rings. The van der Waals surface area contributed by atoms with Crippen molar-refractivity contribution in [1.82, 2.24) is 15.2 Å². The molecule has 1 aliphatic rings. The summed E-state index contributed by atoms with van der Waals surface area (Å²) < 4.78 is 0. The van der Waals surface area contributed by atoms with Gasteiger partial charge in [0.2, 0.25) is 0 Å². The second kappa shape index (κ2) is 6.16. The van der Waals surface area contributed by atoms with Crippen LogP contribution >= 0.6 is 0 Å². The van der Waals surface area contributed by atoms with Gasteiger partial charge in [-0.25, -0.2) is 0 Å². The number of aromatic nitrogens is 1. The third-order valence-corrected chi connectivity index (χ3v) is 4.08. The number of rotatable bonds is 3. The standard InChI is InChI=1S/C17H21N3/c1-14(16-9-5-6-10-19-16)20-12-11-18-13-17(20)15-7-3-2-4-8-15/h2-10,14,17-18H,11-13H2,1H3. The summed E-state index contributed by atoms with van der Waals surface area (Å²) in [7, 11) is 0. The fourth-order valence-electron chi connectivity index (χ4n) is 2.96. The van der Waals surface area contributed by atoms with Crippen LogP contribution in [-0.2, 0) is 0 Å². The van der Waals surface area contributed by atoms with Gasteiger partial charge in [-0.1, -0.05) is 36.4 Å². The summed E-state index contributed by atoms with van der Waals surface area (Å²) >= 11 is 0. The highest BCUT2D eigenvalue weighted by molar-refractivity contribution is 5.21. The second-order valence-corrected chi connectivity index (χ2v) is 5.30. The number of pyridine rings is 1. The van der Waals surface area contributed by atoms with Crippen molar-refractivity contribution in [1.29, 1.82) is 0 Å². The Morgan fingerprint density at radius 1 is 1.15 bits per heavy atom. The molecule has 1 saturated heterocycles. The lowest BCUT2D eigenvalue weighted by Crippen LogP contribution is -2.47. The van der Waals surface area contributed by atoms with E-state index in [9.17, 15) is 0 Å². The Morgan fingerprint density at radius 3 is 2.70 bits per heavy atom. The van der Waals surface area contributed by atoms with Gasteiger partial charge in [-0.2, -0.15) is 0 Å². The molecule has 3 rings (SSSR count). The Bertz CT molecular complexity index is 526. The van der Waals surface area contributed by atoms with E-state index < -0.39 is 0 Å². The zero-order valence-electron chi connectivity index (χ0n) is 11.9. The quantitative estimate of drug-likeness (QED) is 0.927. The highest BCUT2D eigenvalue weighted by Gasteiger charge is 2.28. The average Bonchev–Trinajstić information content (AvgIpc) is 2.56. The highest BCUT2D eigenvalue weighted by Crippen LogP contribution is 2.30. The van der Waals surface area contributed by atoms with Crippen molar-refractivity contribution in [2.45, 2.75) is 19.0 Å². The zero-order valence-corrected chi connectivity index (χ0v) is 11.9. The van der Waals surface area contributed by atoms with Gasteiger partial charge in [0.1, 0.15) is 0 Å². The van der Waals surface area contributed by atoms with Crippen molar-refractivity contribution < 1.29 is 0 Å². The molecule has 0 radical (unpaired) electrons. The first-order valence-electron chi connectivity index (χ1n) is 7.28. The summed E-state index contributed by atoms with van der Waals surface area (Å²) in [5.41, 5.74) is 2.53. The Hall–Kier alpha value is -1.71. The van der Waals surface area contributed by atoms with Gasteiger partial charge in [-0.3, -0.25) is 9.88 Å². The summed E-state index contributed by atoms with van der Waals surface area (Å²) in [5.74, 6) is 0. The first-order chi connectivity index (χ1) is 9.86. The molecule has 0 saturated carbocycles. The zero-order chi connectivity index (χ0) is 13.8. The molecule has 3 nitrogen and oxygen atoms in total. The van der Waals surface area contributed by atoms with Crippen molar-refractivity contribution >= 4 is 0 Å². The maximum atomic E-state index is 4.52. The molecule has 2 unspecified atom stereocenters. The van der Waals surface area contributed by atoms with E-state index in [1.807, 2.05) is 12.3 Å². The number of benzene rings is 1. The van der Waals surface area contributed by atoms with E-state index in [4.69, 9.17) is 0 Å². The second-order valence-electron chi connectivity index (χ2n) is 5.30. The summed E-state index contributed by atoms with van der Waals surface area (Å²) in [6, 6.07) is 17.7. The summed E-state index contributed by atoms with van der Waals surface area (Å²) in [6.07, 6.45) is 1.88. The van der Waals surface area contributed by atoms with E-state index in [0.717, 1.165) is 25.3 Å². The topological polar surface area (TPSA) is 28.2 Å². The Kier molecular flexibility index (Phi) is 4.09. The molecular weight excluding hydrogens is 246 g/mol. The summed E-state index contributed by atoms with van der Waals surface area (Å²) in [4.78, 5) is 7.07. The predicted molar refractivity (Wildman–Crippen MR) is 81.4 cm³/mol. The molecule has 1 aromatic carbocycles. The normalized spacial score (nSPS) is 21.6. The van der Waals surface area contributed by atoms with Crippen LogP contribution in [0.2, 0.25) is 0 Å². The van der Waals surface area contributed by atoms with Crippen LogP contribution in [0.15, 0.2) is 54.7 Å². The lowest BCUT2D eigenvalue weighted by Gasteiger charge is -2.40. The molecule has 0 bridgehead atoms. The molecule has 1 N–H and O–H groups in total. The first kappa shape index (κ1) is 13.3. The van der Waals surface area contributed by atoms with Crippen LogP contribution in [-0.4, -0.2) is 29.5 Å². The minimum absolute atomic E-state index is 0.337. The summed E-state index contributed by atoms with van der Waals surface area (Å²) in [6.45, 7) is 5.35. The van der Waals surface area contributed by atoms with Gasteiger partial charge >= 0.3 is 0 Å². The van der Waals surface area contributed by atoms with Gasteiger partial charge in [-0.05, 0) is 24.6 Å². The smallest absolute Gasteiger partial charge is 0.0572 e. The fraction of sp³-hybridized carbons (Fsp3) is 0.353. The number of hydrogen-bond donors (Lipinski definition) is 1. The van der Waals surface area contributed by atoms with Crippen LogP contribution in [0.5, 0.6) is 0 Å². The van der Waals surface area contributed by atoms with Gasteiger partial charge in [0.25, 0.3) is 0 Å². The van der Waals surface area contributed by atoms with Crippen LogP contribution in [0.1, 0.15) is 30.3 Å². The highest BCUT2D eigenvalue weighted by atomic mass is 15.2. The minimum Gasteiger partial charge on any atom is -0.314 e. The number of hydrogen-bond acceptors (Lipinski definition) is 3. The summed E-state index contributed by atoms with van der Waals surface area (Å²) in [5, 5.41) is 3.51. The van der Waals surface area contributed by atoms with Gasteiger partial charge in [0.15, 0.2) is 0 Å². The van der Waals surface area contributed by atoms with Crippen LogP contribution < -0.4 is 5.32 Å². The first-order valence-corrected chi connectivity index (χ1v) is 7.28. The van der Waals surface area contributed by atoms with E-state index in [0.29, 0.717) is 12.1 Å². The molecule has 1 aromatic heterocycles. The third-order valence-electron chi connectivity index (χ3n) is 4.08. The fourth-order valence-corrected chi connectivity index (χ4v) is 2.96. The predicted octanol–water partition coefficient (Wildman–Crippen LogP) is 2.79. The molecule has 0 amide bonds. The molecule has 1 fully saturated rings. The SMILES string of the molecule is CC(c1ccccn1)N1CCNCC1c1ccccc1. The van der Waals surface area contributed by atoms with Gasteiger partial charge in [0.05, 0.1) is 5.69 Å². The maximum absolute atomic E-state index is 4.52. The third kappa shape index (κ3) is 2.74. The number of piperazine rings is 1. The minimum atomic E-state index is 0.337. The van der Waals surface area contributed by atoms with Crippen LogP contribution in [0.3, 0.4) is 0 Å². The maximum Gasteiger partial charge on any atom is 0.0572 e. The van der Waals surface area contributed by atoms with E-state index in [1.54, 1.807) is 0 Å². The Morgan fingerprint density at radius 2 is 1.95 bits per heavy atom. The van der Waals surface area contributed by atoms with Crippen LogP contribution in [0.25, 0.3) is 0 Å². The van der Waals surface area contributed by atoms with Crippen molar-refractivity contribution in [2.75, 3.05) is 19.6 Å². The van der Waals surface area contributed by atoms with Gasteiger partial charge in [0, 0.05) is 37.9 Å².